The molecule has 8 heteroatoms. The Kier molecular flexibility index (Phi) is 4.37. The summed E-state index contributed by atoms with van der Waals surface area (Å²) in [5.74, 6) is 0.408. The minimum atomic E-state index is 0.0240. The van der Waals surface area contributed by atoms with Gasteiger partial charge in [0.05, 0.1) is 17.3 Å². The van der Waals surface area contributed by atoms with Crippen molar-refractivity contribution >= 4 is 50.2 Å². The summed E-state index contributed by atoms with van der Waals surface area (Å²) < 4.78 is 4.36. The van der Waals surface area contributed by atoms with Crippen LogP contribution in [0.25, 0.3) is 21.8 Å². The fraction of sp³-hybridized carbons (Fsp3) is 0.263. The van der Waals surface area contributed by atoms with Gasteiger partial charge in [0.15, 0.2) is 5.65 Å². The number of benzene rings is 1. The number of nitrogen functional groups attached to an aromatic ring is 1. The topological polar surface area (TPSA) is 91.6 Å². The number of pyridine rings is 1. The van der Waals surface area contributed by atoms with Gasteiger partial charge in [0.1, 0.15) is 15.8 Å². The first-order chi connectivity index (χ1) is 12.9. The first-order valence-electron chi connectivity index (χ1n) is 8.64. The molecule has 138 valence electrons. The largest absolute Gasteiger partial charge is 0.383 e. The van der Waals surface area contributed by atoms with Crippen LogP contribution in [0.3, 0.4) is 0 Å². The lowest BCUT2D eigenvalue weighted by molar-refractivity contribution is 0.533. The molecule has 0 aliphatic rings. The molecule has 0 radical (unpaired) electrons. The fourth-order valence-electron chi connectivity index (χ4n) is 3.54. The van der Waals surface area contributed by atoms with Crippen molar-refractivity contribution in [2.45, 2.75) is 33.4 Å². The molecule has 0 aliphatic heterocycles. The zero-order valence-electron chi connectivity index (χ0n) is 15.3. The highest BCUT2D eigenvalue weighted by molar-refractivity contribution is 14.1. The highest BCUT2D eigenvalue weighted by atomic mass is 127. The van der Waals surface area contributed by atoms with E-state index in [1.165, 1.54) is 6.33 Å². The molecule has 4 aromatic rings. The summed E-state index contributed by atoms with van der Waals surface area (Å²) in [7, 11) is 0. The summed E-state index contributed by atoms with van der Waals surface area (Å²) in [6.07, 6.45) is 1.44. The van der Waals surface area contributed by atoms with Gasteiger partial charge >= 0.3 is 0 Å². The molecule has 0 bridgehead atoms. The van der Waals surface area contributed by atoms with E-state index >= 15 is 0 Å². The van der Waals surface area contributed by atoms with Gasteiger partial charge in [0.25, 0.3) is 5.56 Å². The van der Waals surface area contributed by atoms with Gasteiger partial charge in [-0.3, -0.25) is 4.79 Å². The van der Waals surface area contributed by atoms with E-state index in [0.717, 1.165) is 31.1 Å². The second-order valence-electron chi connectivity index (χ2n) is 6.85. The monoisotopic (exact) mass is 474 g/mol. The van der Waals surface area contributed by atoms with Crippen LogP contribution in [0.2, 0.25) is 0 Å². The SMILES string of the molecule is Cc1cccc2cc(Cn3nc(I)c4c(N)ncnc43)n(C(C)C)c(=O)c12. The van der Waals surface area contributed by atoms with E-state index in [9.17, 15) is 4.79 Å². The molecule has 0 saturated carbocycles. The smallest absolute Gasteiger partial charge is 0.259 e. The predicted octanol–water partition coefficient (Wildman–Crippen LogP) is 3.27. The Bertz CT molecular complexity index is 1240. The minimum Gasteiger partial charge on any atom is -0.383 e. The number of halogens is 1. The summed E-state index contributed by atoms with van der Waals surface area (Å²) in [6.45, 7) is 6.42. The van der Waals surface area contributed by atoms with Crippen LogP contribution in [-0.2, 0) is 6.54 Å². The average Bonchev–Trinajstić information content (AvgIpc) is 2.91. The van der Waals surface area contributed by atoms with Crippen molar-refractivity contribution in [2.75, 3.05) is 5.73 Å². The number of aromatic nitrogens is 5. The lowest BCUT2D eigenvalue weighted by Gasteiger charge is -2.18. The predicted molar refractivity (Wildman–Crippen MR) is 115 cm³/mol. The van der Waals surface area contributed by atoms with Crippen LogP contribution in [0.5, 0.6) is 0 Å². The maximum Gasteiger partial charge on any atom is 0.259 e. The van der Waals surface area contributed by atoms with E-state index in [4.69, 9.17) is 5.73 Å². The van der Waals surface area contributed by atoms with Gasteiger partial charge in [-0.1, -0.05) is 18.2 Å². The molecule has 0 amide bonds. The van der Waals surface area contributed by atoms with Gasteiger partial charge in [-0.05, 0) is 60.4 Å². The van der Waals surface area contributed by atoms with Crippen LogP contribution in [0.4, 0.5) is 5.82 Å². The zero-order chi connectivity index (χ0) is 19.3. The molecule has 0 aliphatic carbocycles. The van der Waals surface area contributed by atoms with Crippen LogP contribution >= 0.6 is 22.6 Å². The number of anilines is 1. The molecule has 2 N–H and O–H groups in total. The molecule has 0 fully saturated rings. The summed E-state index contributed by atoms with van der Waals surface area (Å²) in [5, 5.41) is 7.03. The second kappa shape index (κ2) is 6.59. The Morgan fingerprint density at radius 1 is 1.22 bits per heavy atom. The lowest BCUT2D eigenvalue weighted by atomic mass is 10.1. The Labute approximate surface area is 169 Å². The third-order valence-corrected chi connectivity index (χ3v) is 5.47. The normalized spacial score (nSPS) is 11.7. The van der Waals surface area contributed by atoms with Crippen LogP contribution < -0.4 is 11.3 Å². The fourth-order valence-corrected chi connectivity index (χ4v) is 4.32. The molecular weight excluding hydrogens is 455 g/mol. The minimum absolute atomic E-state index is 0.0240. The van der Waals surface area contributed by atoms with Crippen molar-refractivity contribution in [2.24, 2.45) is 0 Å². The Hall–Kier alpha value is -2.49. The number of nitrogens with two attached hydrogens (primary N) is 1. The highest BCUT2D eigenvalue weighted by Gasteiger charge is 2.17. The van der Waals surface area contributed by atoms with Gasteiger partial charge in [-0.25, -0.2) is 14.6 Å². The maximum absolute atomic E-state index is 13.2. The van der Waals surface area contributed by atoms with Gasteiger partial charge < -0.3 is 10.3 Å². The van der Waals surface area contributed by atoms with E-state index in [1.807, 2.05) is 43.5 Å². The third-order valence-electron chi connectivity index (χ3n) is 4.71. The van der Waals surface area contributed by atoms with Gasteiger partial charge in [-0.2, -0.15) is 5.10 Å². The first-order valence-corrected chi connectivity index (χ1v) is 9.72. The van der Waals surface area contributed by atoms with E-state index in [2.05, 4.69) is 43.7 Å². The molecule has 27 heavy (non-hydrogen) atoms. The quantitative estimate of drug-likeness (QED) is 0.461. The average molecular weight is 474 g/mol. The maximum atomic E-state index is 13.2. The van der Waals surface area contributed by atoms with E-state index in [0.29, 0.717) is 18.0 Å². The zero-order valence-corrected chi connectivity index (χ0v) is 17.4. The molecule has 4 rings (SSSR count). The number of fused-ring (bicyclic) bond motifs is 2. The van der Waals surface area contributed by atoms with Crippen LogP contribution in [0, 0.1) is 10.6 Å². The van der Waals surface area contributed by atoms with Crippen molar-refractivity contribution in [3.05, 3.63) is 55.9 Å². The lowest BCUT2D eigenvalue weighted by Crippen LogP contribution is -2.27. The van der Waals surface area contributed by atoms with Crippen molar-refractivity contribution in [1.29, 1.82) is 0 Å². The Balaban J connectivity index is 1.97. The molecule has 3 heterocycles. The number of nitrogens with zero attached hydrogens (tertiary/aromatic N) is 5. The van der Waals surface area contributed by atoms with Gasteiger partial charge in [-0.15, -0.1) is 0 Å². The number of rotatable bonds is 3. The molecule has 1 aromatic carbocycles. The molecule has 0 saturated heterocycles. The number of aryl methyl sites for hydroxylation is 1. The van der Waals surface area contributed by atoms with Crippen LogP contribution in [0.15, 0.2) is 35.4 Å². The van der Waals surface area contributed by atoms with Crippen molar-refractivity contribution in [3.63, 3.8) is 0 Å². The molecular formula is C19H19IN6O. The Morgan fingerprint density at radius 3 is 2.74 bits per heavy atom. The molecule has 3 aromatic heterocycles. The first kappa shape index (κ1) is 17.9. The molecule has 0 atom stereocenters. The van der Waals surface area contributed by atoms with Crippen LogP contribution in [0.1, 0.15) is 31.1 Å². The summed E-state index contributed by atoms with van der Waals surface area (Å²) >= 11 is 2.13. The van der Waals surface area contributed by atoms with E-state index < -0.39 is 0 Å². The molecule has 7 nitrogen and oxygen atoms in total. The summed E-state index contributed by atoms with van der Waals surface area (Å²) in [4.78, 5) is 21.6. The summed E-state index contributed by atoms with van der Waals surface area (Å²) in [5.41, 5.74) is 8.55. The van der Waals surface area contributed by atoms with Crippen molar-refractivity contribution < 1.29 is 0 Å². The van der Waals surface area contributed by atoms with Crippen LogP contribution in [-0.4, -0.2) is 24.3 Å². The molecule has 0 unspecified atom stereocenters. The number of hydrogen-bond donors (Lipinski definition) is 1. The third kappa shape index (κ3) is 2.88. The number of hydrogen-bond acceptors (Lipinski definition) is 5. The summed E-state index contributed by atoms with van der Waals surface area (Å²) in [6, 6.07) is 8.01. The Morgan fingerprint density at radius 2 is 2.00 bits per heavy atom. The van der Waals surface area contributed by atoms with Crippen molar-refractivity contribution in [1.82, 2.24) is 24.3 Å². The second-order valence-corrected chi connectivity index (χ2v) is 7.87. The standard InChI is InChI=1S/C19H19IN6O/c1-10(2)26-13(7-12-6-4-5-11(3)14(12)19(26)27)8-25-18-15(16(20)24-25)17(21)22-9-23-18/h4-7,9-10H,8H2,1-3H3,(H2,21,22,23). The van der Waals surface area contributed by atoms with Crippen molar-refractivity contribution in [3.8, 4) is 0 Å². The molecule has 0 spiro atoms. The van der Waals surface area contributed by atoms with E-state index in [1.54, 1.807) is 4.68 Å². The van der Waals surface area contributed by atoms with Gasteiger partial charge in [0, 0.05) is 11.7 Å². The van der Waals surface area contributed by atoms with E-state index in [-0.39, 0.29) is 11.6 Å². The highest BCUT2D eigenvalue weighted by Crippen LogP contribution is 2.24. The van der Waals surface area contributed by atoms with Gasteiger partial charge in [0.2, 0.25) is 0 Å².